The third-order valence-corrected chi connectivity index (χ3v) is 4.94. The van der Waals surface area contributed by atoms with Crippen LogP contribution < -0.4 is 5.32 Å². The summed E-state index contributed by atoms with van der Waals surface area (Å²) >= 11 is 0. The minimum Gasteiger partial charge on any atom is -0.316 e. The van der Waals surface area contributed by atoms with Crippen LogP contribution in [0.5, 0.6) is 0 Å². The van der Waals surface area contributed by atoms with E-state index in [2.05, 4.69) is 19.2 Å². The van der Waals surface area contributed by atoms with Crippen LogP contribution in [0, 0.1) is 5.92 Å². The van der Waals surface area contributed by atoms with E-state index in [0.717, 1.165) is 18.6 Å². The Labute approximate surface area is 90.3 Å². The predicted molar refractivity (Wildman–Crippen MR) is 63.0 cm³/mol. The molecule has 2 nitrogen and oxygen atoms in total. The van der Waals surface area contributed by atoms with Crippen LogP contribution in [-0.4, -0.2) is 28.3 Å². The molecule has 3 heteroatoms. The molecular weight excluding hydrogens is 194 g/mol. The number of nitrogens with one attached hydrogen (secondary N) is 1. The molecule has 0 heterocycles. The van der Waals surface area contributed by atoms with Gasteiger partial charge in [-0.3, -0.25) is 4.21 Å². The maximum atomic E-state index is 12.0. The van der Waals surface area contributed by atoms with E-state index in [4.69, 9.17) is 0 Å². The molecule has 1 fully saturated rings. The second-order valence-electron chi connectivity index (χ2n) is 4.63. The van der Waals surface area contributed by atoms with Gasteiger partial charge in [-0.15, -0.1) is 0 Å². The Balaban J connectivity index is 2.35. The lowest BCUT2D eigenvalue weighted by molar-refractivity contribution is 0.569. The Morgan fingerprint density at radius 2 is 2.14 bits per heavy atom. The molecule has 0 spiro atoms. The summed E-state index contributed by atoms with van der Waals surface area (Å²) in [4.78, 5) is 0. The number of hydrogen-bond acceptors (Lipinski definition) is 2. The van der Waals surface area contributed by atoms with E-state index in [9.17, 15) is 4.21 Å². The van der Waals surface area contributed by atoms with Crippen LogP contribution in [0.15, 0.2) is 0 Å². The van der Waals surface area contributed by atoms with Gasteiger partial charge >= 0.3 is 0 Å². The fourth-order valence-electron chi connectivity index (χ4n) is 2.07. The molecule has 84 valence electrons. The lowest BCUT2D eigenvalue weighted by atomic mass is 10.2. The zero-order chi connectivity index (χ0) is 10.6. The van der Waals surface area contributed by atoms with Crippen LogP contribution in [0.2, 0.25) is 0 Å². The normalized spacial score (nSPS) is 29.7. The summed E-state index contributed by atoms with van der Waals surface area (Å²) in [6.45, 7) is 4.39. The first kappa shape index (κ1) is 12.2. The highest BCUT2D eigenvalue weighted by atomic mass is 32.2. The summed E-state index contributed by atoms with van der Waals surface area (Å²) < 4.78 is 12.0. The Kier molecular flexibility index (Phi) is 5.10. The molecule has 1 aliphatic carbocycles. The predicted octanol–water partition coefficient (Wildman–Crippen LogP) is 1.92. The Morgan fingerprint density at radius 1 is 1.43 bits per heavy atom. The minimum atomic E-state index is -0.608. The molecule has 14 heavy (non-hydrogen) atoms. The maximum Gasteiger partial charge on any atom is 0.0501 e. The van der Waals surface area contributed by atoms with Crippen molar-refractivity contribution in [2.24, 2.45) is 5.92 Å². The Morgan fingerprint density at radius 3 is 2.71 bits per heavy atom. The van der Waals surface area contributed by atoms with Gasteiger partial charge in [0, 0.05) is 22.6 Å². The van der Waals surface area contributed by atoms with Crippen molar-refractivity contribution in [3.8, 4) is 0 Å². The molecule has 1 N–H and O–H groups in total. The Bertz CT molecular complexity index is 194. The van der Waals surface area contributed by atoms with Crippen molar-refractivity contribution in [3.63, 3.8) is 0 Å². The molecule has 0 aromatic rings. The summed E-state index contributed by atoms with van der Waals surface area (Å²) in [5.41, 5.74) is 0. The highest BCUT2D eigenvalue weighted by molar-refractivity contribution is 7.85. The van der Waals surface area contributed by atoms with Crippen molar-refractivity contribution in [2.45, 2.75) is 50.8 Å². The first-order chi connectivity index (χ1) is 6.65. The molecule has 0 aromatic heterocycles. The van der Waals surface area contributed by atoms with Crippen molar-refractivity contribution in [1.29, 1.82) is 0 Å². The molecule has 0 saturated heterocycles. The van der Waals surface area contributed by atoms with Gasteiger partial charge in [-0.25, -0.2) is 0 Å². The maximum absolute atomic E-state index is 12.0. The van der Waals surface area contributed by atoms with Crippen LogP contribution >= 0.6 is 0 Å². The Hall–Kier alpha value is 0.110. The van der Waals surface area contributed by atoms with E-state index < -0.39 is 10.8 Å². The lowest BCUT2D eigenvalue weighted by Crippen LogP contribution is -2.36. The molecule has 0 aromatic carbocycles. The first-order valence-electron chi connectivity index (χ1n) is 5.69. The van der Waals surface area contributed by atoms with E-state index in [-0.39, 0.29) is 0 Å². The van der Waals surface area contributed by atoms with E-state index in [0.29, 0.717) is 17.2 Å². The summed E-state index contributed by atoms with van der Waals surface area (Å²) in [5, 5.41) is 3.70. The van der Waals surface area contributed by atoms with Crippen molar-refractivity contribution in [3.05, 3.63) is 0 Å². The fraction of sp³-hybridized carbons (Fsp3) is 1.00. The van der Waals surface area contributed by atoms with Crippen molar-refractivity contribution in [1.82, 2.24) is 5.32 Å². The molecule has 1 saturated carbocycles. The summed E-state index contributed by atoms with van der Waals surface area (Å²) in [6, 6.07) is 0.503. The van der Waals surface area contributed by atoms with Crippen molar-refractivity contribution < 1.29 is 4.21 Å². The highest BCUT2D eigenvalue weighted by Crippen LogP contribution is 2.24. The van der Waals surface area contributed by atoms with Gasteiger partial charge in [-0.1, -0.05) is 20.3 Å². The molecule has 0 amide bonds. The van der Waals surface area contributed by atoms with Crippen LogP contribution in [-0.2, 0) is 10.8 Å². The van der Waals surface area contributed by atoms with Crippen LogP contribution in [0.4, 0.5) is 0 Å². The fourth-order valence-corrected chi connectivity index (χ4v) is 4.15. The standard InChI is InChI=1S/C11H23NOS/c1-9(2)7-8-14(13)11-6-4-5-10(11)12-3/h9-12H,4-8H2,1-3H3. The molecule has 3 atom stereocenters. The zero-order valence-corrected chi connectivity index (χ0v) is 10.4. The van der Waals surface area contributed by atoms with Gasteiger partial charge in [0.2, 0.25) is 0 Å². The molecule has 0 radical (unpaired) electrons. The molecule has 0 bridgehead atoms. The topological polar surface area (TPSA) is 29.1 Å². The summed E-state index contributed by atoms with van der Waals surface area (Å²) in [7, 11) is 1.38. The van der Waals surface area contributed by atoms with Gasteiger partial charge in [0.25, 0.3) is 0 Å². The SMILES string of the molecule is CNC1CCCC1S(=O)CCC(C)C. The second kappa shape index (κ2) is 5.86. The molecular formula is C11H23NOS. The summed E-state index contributed by atoms with van der Waals surface area (Å²) in [6.07, 6.45) is 4.69. The average molecular weight is 217 g/mol. The monoisotopic (exact) mass is 217 g/mol. The van der Waals surface area contributed by atoms with E-state index in [1.54, 1.807) is 0 Å². The van der Waals surface area contributed by atoms with Gasteiger partial charge in [0.1, 0.15) is 0 Å². The zero-order valence-electron chi connectivity index (χ0n) is 9.58. The second-order valence-corrected chi connectivity index (χ2v) is 6.41. The van der Waals surface area contributed by atoms with Crippen LogP contribution in [0.25, 0.3) is 0 Å². The van der Waals surface area contributed by atoms with Gasteiger partial charge < -0.3 is 5.32 Å². The van der Waals surface area contributed by atoms with Gasteiger partial charge in [-0.05, 0) is 32.2 Å². The third kappa shape index (κ3) is 3.35. The highest BCUT2D eigenvalue weighted by Gasteiger charge is 2.30. The number of hydrogen-bond donors (Lipinski definition) is 1. The van der Waals surface area contributed by atoms with Crippen LogP contribution in [0.1, 0.15) is 39.5 Å². The quantitative estimate of drug-likeness (QED) is 0.762. The number of rotatable bonds is 5. The van der Waals surface area contributed by atoms with Crippen LogP contribution in [0.3, 0.4) is 0 Å². The van der Waals surface area contributed by atoms with Gasteiger partial charge in [0.15, 0.2) is 0 Å². The van der Waals surface area contributed by atoms with Gasteiger partial charge in [-0.2, -0.15) is 0 Å². The van der Waals surface area contributed by atoms with E-state index in [1.165, 1.54) is 12.8 Å². The van der Waals surface area contributed by atoms with E-state index >= 15 is 0 Å². The van der Waals surface area contributed by atoms with Crippen molar-refractivity contribution >= 4 is 10.8 Å². The largest absolute Gasteiger partial charge is 0.316 e. The average Bonchev–Trinajstić information content (AvgIpc) is 2.61. The van der Waals surface area contributed by atoms with E-state index in [1.807, 2.05) is 7.05 Å². The first-order valence-corrected chi connectivity index (χ1v) is 7.07. The molecule has 1 rings (SSSR count). The van der Waals surface area contributed by atoms with Crippen molar-refractivity contribution in [2.75, 3.05) is 12.8 Å². The minimum absolute atomic E-state index is 0.416. The lowest BCUT2D eigenvalue weighted by Gasteiger charge is -2.18. The third-order valence-electron chi connectivity index (χ3n) is 3.06. The molecule has 0 aliphatic heterocycles. The van der Waals surface area contributed by atoms with Gasteiger partial charge in [0.05, 0.1) is 5.25 Å². The smallest absolute Gasteiger partial charge is 0.0501 e. The summed E-state index contributed by atoms with van der Waals surface area (Å²) in [5.74, 6) is 1.56. The molecule has 3 unspecified atom stereocenters. The molecule has 1 aliphatic rings.